The first kappa shape index (κ1) is 19.7. The van der Waals surface area contributed by atoms with E-state index in [1.54, 1.807) is 29.1 Å². The SMILES string of the molecule is CCNC(=NCc1ccc(-n2ccnc2C)c(F)c1)N1CCCC1.I. The van der Waals surface area contributed by atoms with Crippen LogP contribution in [0.25, 0.3) is 5.69 Å². The highest BCUT2D eigenvalue weighted by molar-refractivity contribution is 14.0. The average Bonchev–Trinajstić information content (AvgIpc) is 3.23. The summed E-state index contributed by atoms with van der Waals surface area (Å²) in [4.78, 5) is 11.1. The average molecular weight is 457 g/mol. The third-order valence-electron chi connectivity index (χ3n) is 4.25. The Kier molecular flexibility index (Phi) is 7.22. The van der Waals surface area contributed by atoms with Gasteiger partial charge in [-0.2, -0.15) is 0 Å². The minimum absolute atomic E-state index is 0. The van der Waals surface area contributed by atoms with E-state index in [-0.39, 0.29) is 29.8 Å². The third kappa shape index (κ3) is 4.71. The van der Waals surface area contributed by atoms with Crippen LogP contribution < -0.4 is 5.32 Å². The Labute approximate surface area is 165 Å². The van der Waals surface area contributed by atoms with Gasteiger partial charge in [-0.25, -0.2) is 14.4 Å². The highest BCUT2D eigenvalue weighted by Gasteiger charge is 2.15. The van der Waals surface area contributed by atoms with Gasteiger partial charge in [0.15, 0.2) is 5.96 Å². The Balaban J connectivity index is 0.00000225. The van der Waals surface area contributed by atoms with Gasteiger partial charge in [-0.15, -0.1) is 24.0 Å². The zero-order valence-electron chi connectivity index (χ0n) is 14.7. The number of aryl methyl sites for hydroxylation is 1. The lowest BCUT2D eigenvalue weighted by Crippen LogP contribution is -2.39. The number of halogens is 2. The molecule has 3 rings (SSSR count). The molecule has 2 heterocycles. The van der Waals surface area contributed by atoms with Crippen LogP contribution in [-0.4, -0.2) is 40.0 Å². The second-order valence-corrected chi connectivity index (χ2v) is 5.99. The smallest absolute Gasteiger partial charge is 0.194 e. The lowest BCUT2D eigenvalue weighted by molar-refractivity contribution is 0.493. The fourth-order valence-corrected chi connectivity index (χ4v) is 3.00. The van der Waals surface area contributed by atoms with Gasteiger partial charge in [-0.1, -0.05) is 6.07 Å². The molecule has 136 valence electrons. The summed E-state index contributed by atoms with van der Waals surface area (Å²) in [5.41, 5.74) is 1.38. The van der Waals surface area contributed by atoms with Crippen LogP contribution in [0.4, 0.5) is 4.39 Å². The first-order valence-corrected chi connectivity index (χ1v) is 8.51. The Morgan fingerprint density at radius 2 is 2.08 bits per heavy atom. The van der Waals surface area contributed by atoms with E-state index in [4.69, 9.17) is 0 Å². The molecular formula is C18H25FIN5. The predicted molar refractivity (Wildman–Crippen MR) is 109 cm³/mol. The number of aromatic nitrogens is 2. The Morgan fingerprint density at radius 1 is 1.32 bits per heavy atom. The molecule has 0 bridgehead atoms. The van der Waals surface area contributed by atoms with Gasteiger partial charge in [0.05, 0.1) is 12.2 Å². The van der Waals surface area contributed by atoms with E-state index in [1.807, 2.05) is 13.0 Å². The quantitative estimate of drug-likeness (QED) is 0.435. The molecule has 0 saturated carbocycles. The molecular weight excluding hydrogens is 432 g/mol. The van der Waals surface area contributed by atoms with Crippen molar-refractivity contribution in [3.05, 3.63) is 47.8 Å². The summed E-state index contributed by atoms with van der Waals surface area (Å²) < 4.78 is 16.2. The maximum Gasteiger partial charge on any atom is 0.194 e. The van der Waals surface area contributed by atoms with Crippen molar-refractivity contribution in [3.63, 3.8) is 0 Å². The van der Waals surface area contributed by atoms with E-state index < -0.39 is 0 Å². The Bertz CT molecular complexity index is 722. The van der Waals surface area contributed by atoms with Crippen LogP contribution in [0, 0.1) is 12.7 Å². The van der Waals surface area contributed by atoms with E-state index >= 15 is 0 Å². The summed E-state index contributed by atoms with van der Waals surface area (Å²) in [6.07, 6.45) is 5.85. The minimum Gasteiger partial charge on any atom is -0.357 e. The molecule has 1 aromatic heterocycles. The van der Waals surface area contributed by atoms with Gasteiger partial charge >= 0.3 is 0 Å². The number of guanidine groups is 1. The Morgan fingerprint density at radius 3 is 2.68 bits per heavy atom. The van der Waals surface area contributed by atoms with Crippen molar-refractivity contribution in [1.29, 1.82) is 0 Å². The number of likely N-dealkylation sites (tertiary alicyclic amines) is 1. The van der Waals surface area contributed by atoms with Gasteiger partial charge in [0.1, 0.15) is 11.6 Å². The lowest BCUT2D eigenvalue weighted by atomic mass is 10.2. The van der Waals surface area contributed by atoms with E-state index in [1.165, 1.54) is 12.8 Å². The number of aliphatic imine (C=N–C) groups is 1. The van der Waals surface area contributed by atoms with Crippen LogP contribution >= 0.6 is 24.0 Å². The van der Waals surface area contributed by atoms with Crippen LogP contribution in [0.5, 0.6) is 0 Å². The second kappa shape index (κ2) is 9.17. The van der Waals surface area contributed by atoms with Gasteiger partial charge in [-0.3, -0.25) is 0 Å². The predicted octanol–water partition coefficient (Wildman–Crippen LogP) is 3.50. The standard InChI is InChI=1S/C18H24FN5.HI/c1-3-20-18(23-9-4-5-10-23)22-13-15-6-7-17(16(19)12-15)24-11-8-21-14(24)2;/h6-8,11-12H,3-5,9-10,13H2,1-2H3,(H,20,22);1H. The normalized spacial score (nSPS) is 14.5. The van der Waals surface area contributed by atoms with Crippen LogP contribution in [0.15, 0.2) is 35.6 Å². The molecule has 1 saturated heterocycles. The van der Waals surface area contributed by atoms with Gasteiger partial charge in [0.25, 0.3) is 0 Å². The van der Waals surface area contributed by atoms with Crippen molar-refractivity contribution in [2.24, 2.45) is 4.99 Å². The maximum atomic E-state index is 14.4. The highest BCUT2D eigenvalue weighted by Crippen LogP contribution is 2.17. The van der Waals surface area contributed by atoms with Crippen molar-refractivity contribution >= 4 is 29.9 Å². The third-order valence-corrected chi connectivity index (χ3v) is 4.25. The molecule has 25 heavy (non-hydrogen) atoms. The van der Waals surface area contributed by atoms with E-state index in [0.717, 1.165) is 37.0 Å². The molecule has 7 heteroatoms. The van der Waals surface area contributed by atoms with Crippen LogP contribution in [0.2, 0.25) is 0 Å². The molecule has 5 nitrogen and oxygen atoms in total. The number of hydrogen-bond donors (Lipinski definition) is 1. The molecule has 0 spiro atoms. The highest BCUT2D eigenvalue weighted by atomic mass is 127. The monoisotopic (exact) mass is 457 g/mol. The summed E-state index contributed by atoms with van der Waals surface area (Å²) in [5.74, 6) is 1.43. The largest absolute Gasteiger partial charge is 0.357 e. The molecule has 0 amide bonds. The fourth-order valence-electron chi connectivity index (χ4n) is 3.00. The minimum atomic E-state index is -0.255. The van der Waals surface area contributed by atoms with E-state index in [2.05, 4.69) is 27.1 Å². The van der Waals surface area contributed by atoms with Crippen molar-refractivity contribution < 1.29 is 4.39 Å². The van der Waals surface area contributed by atoms with Gasteiger partial charge in [-0.05, 0) is 44.4 Å². The van der Waals surface area contributed by atoms with E-state index in [0.29, 0.717) is 12.2 Å². The summed E-state index contributed by atoms with van der Waals surface area (Å²) in [5, 5.41) is 3.32. The van der Waals surface area contributed by atoms with Gasteiger partial charge < -0.3 is 14.8 Å². The first-order chi connectivity index (χ1) is 11.7. The van der Waals surface area contributed by atoms with Crippen LogP contribution in [-0.2, 0) is 6.54 Å². The van der Waals surface area contributed by atoms with Crippen molar-refractivity contribution in [2.45, 2.75) is 33.2 Å². The van der Waals surface area contributed by atoms with Crippen molar-refractivity contribution in [1.82, 2.24) is 19.8 Å². The van der Waals surface area contributed by atoms with Crippen molar-refractivity contribution in [2.75, 3.05) is 19.6 Å². The number of nitrogens with zero attached hydrogens (tertiary/aromatic N) is 4. The topological polar surface area (TPSA) is 45.5 Å². The lowest BCUT2D eigenvalue weighted by Gasteiger charge is -2.20. The van der Waals surface area contributed by atoms with Crippen LogP contribution in [0.1, 0.15) is 31.2 Å². The first-order valence-electron chi connectivity index (χ1n) is 8.51. The molecule has 2 aromatic rings. The Hall–Kier alpha value is -1.64. The molecule has 0 atom stereocenters. The summed E-state index contributed by atoms with van der Waals surface area (Å²) >= 11 is 0. The summed E-state index contributed by atoms with van der Waals surface area (Å²) in [6, 6.07) is 5.28. The zero-order chi connectivity index (χ0) is 16.9. The molecule has 1 aliphatic rings. The molecule has 1 aromatic carbocycles. The number of imidazole rings is 1. The molecule has 1 fully saturated rings. The van der Waals surface area contributed by atoms with Crippen molar-refractivity contribution in [3.8, 4) is 5.69 Å². The number of rotatable bonds is 4. The number of nitrogens with one attached hydrogen (secondary N) is 1. The number of hydrogen-bond acceptors (Lipinski definition) is 2. The van der Waals surface area contributed by atoms with Crippen LogP contribution in [0.3, 0.4) is 0 Å². The fraction of sp³-hybridized carbons (Fsp3) is 0.444. The van der Waals surface area contributed by atoms with E-state index in [9.17, 15) is 4.39 Å². The zero-order valence-corrected chi connectivity index (χ0v) is 17.0. The summed E-state index contributed by atoms with van der Waals surface area (Å²) in [7, 11) is 0. The molecule has 1 N–H and O–H groups in total. The molecule has 0 radical (unpaired) electrons. The molecule has 0 unspecified atom stereocenters. The second-order valence-electron chi connectivity index (χ2n) is 5.99. The molecule has 1 aliphatic heterocycles. The van der Waals surface area contributed by atoms with Gasteiger partial charge in [0, 0.05) is 32.0 Å². The maximum absolute atomic E-state index is 14.4. The van der Waals surface area contributed by atoms with Gasteiger partial charge in [0.2, 0.25) is 0 Å². The summed E-state index contributed by atoms with van der Waals surface area (Å²) in [6.45, 7) is 7.31. The number of benzene rings is 1. The molecule has 0 aliphatic carbocycles.